The number of aliphatic carboxylic acids is 1. The van der Waals surface area contributed by atoms with E-state index in [0.717, 1.165) is 7.11 Å². The van der Waals surface area contributed by atoms with Gasteiger partial charge in [-0.3, -0.25) is 38.4 Å². The molecule has 5 fully saturated rings. The fourth-order valence-electron chi connectivity index (χ4n) is 5.71. The molecule has 5 aliphatic rings. The number of ketones is 2. The summed E-state index contributed by atoms with van der Waals surface area (Å²) in [6.45, 7) is 23.1. The third-order valence-electron chi connectivity index (χ3n) is 8.81. The largest absolute Gasteiger partial charge is 1.00 e. The van der Waals surface area contributed by atoms with Crippen molar-refractivity contribution in [2.45, 2.75) is 131 Å². The number of esters is 5. The topological polar surface area (TPSA) is 312 Å². The molecule has 3 amide bonds. The van der Waals surface area contributed by atoms with Crippen molar-refractivity contribution in [2.75, 3.05) is 53.5 Å². The number of carboxylic acid groups (broad SMARTS) is 1. The van der Waals surface area contributed by atoms with E-state index in [-0.39, 0.29) is 368 Å². The number of amides is 3. The van der Waals surface area contributed by atoms with E-state index in [0.29, 0.717) is 13.1 Å². The molecule has 5 heterocycles. The first kappa shape index (κ1) is 73.1. The van der Waals surface area contributed by atoms with Crippen LogP contribution in [0.3, 0.4) is 0 Å². The smallest absolute Gasteiger partial charge is 1.00 e. The SMILES string of the molecule is CC(C)(C)OC(=O)N1CC(C(=O)C2C(=O)OC(C)(C)OC2=O)C1.CC(C)(C)OC(=O)N1CC(C(=O)O)C1.CC1(C)OC(=O)CC(=O)O1.CO.COC(=O)CC(=O)C1CN(C(=O)OC(C)(C)C)C1.[3H-].[3H-].[3H-].[3H-].[3H-].[3H-].[3H-].[3H-].[3H-].[3H-].[3H-].[3H-].[3H-].[3H-].[3H-].[3H-].[3H-].[3H-].[3H-].[3H-].[3H-].[3H-].[3H-].[3H-].[3H-].[3H-].[3H-].[3H-].[3H-].[3H-].[3H-].[3H-].[3H-].[3H-].[3H-].[3H-].[3H-].[3H-].[3H-].[3H-].[3H-].[3H-].[3H-].[3H-].[3H-].[3H-].[3H-].[3H-].[3H-].[3H-].[3H-].[3H-].[3H-].[3H-].[3H-].[3H-].[3H-].[3H-].[3H-].[3H-].[3H-].[3H-].[3H-].[3H-].[3H-].[3H-].[3H-].[3H-].[3H-].[3H-].[3H-].[3H-].[3H-].[3H-].[3H-].[3H-].[3H-].[3H-].[3H-].[3H-].[3H-].[3H-].[3H-].[3H-].[3H-].[3H-].[3H-].[3H-].[3H-].[3H-].[3H-].[3H-].[3H-].[3H-].[3H-].[3H-].[3H-].[3H-].[3H-].[3H-].[3H-].[3H-].[3H-].[3H-].[3H-].[3H-].[3H-].[3H-].[3H-].[3H-].[3H-].[3H-].[3H-].[3H-].[K+].[K+].[K+]. The Morgan fingerprint density at radius 3 is 1.16 bits per heavy atom. The molecule has 0 aromatic heterocycles. The first-order valence-corrected chi connectivity index (χ1v) is 21.1. The third kappa shape index (κ3) is 26.9. The second-order valence-electron chi connectivity index (χ2n) is 19.4. The number of cyclic esters (lactones) is 4. The van der Waals surface area contributed by atoms with Crippen molar-refractivity contribution in [1.82, 2.24) is 14.7 Å². The third-order valence-corrected chi connectivity index (χ3v) is 8.81. The Labute approximate surface area is 705 Å². The van der Waals surface area contributed by atoms with Crippen LogP contribution < -0.4 is 154 Å². The van der Waals surface area contributed by atoms with E-state index in [9.17, 15) is 52.7 Å². The number of likely N-dealkylation sites (tertiary alicyclic amines) is 3. The number of aliphatic hydroxyl groups excluding tert-OH is 1. The van der Waals surface area contributed by atoms with E-state index < -0.39 is 106 Å². The van der Waals surface area contributed by atoms with Crippen LogP contribution in [0.15, 0.2) is 0 Å². The molecule has 5 aliphatic heterocycles. The second-order valence-corrected chi connectivity index (χ2v) is 19.4. The normalized spacial score (nSPS) is 18.3. The molecule has 27 heteroatoms. The van der Waals surface area contributed by atoms with Crippen molar-refractivity contribution in [3.05, 3.63) is 0 Å². The molecular weight excluding hydrogens is 1010 g/mol. The maximum absolute atomic E-state index is 12.3. The van der Waals surface area contributed by atoms with E-state index in [1.54, 1.807) is 62.3 Å². The molecule has 0 bridgehead atoms. The van der Waals surface area contributed by atoms with Gasteiger partial charge in [0.2, 0.25) is 5.92 Å². The average molecular weight is 1420 g/mol. The van der Waals surface area contributed by atoms with Gasteiger partial charge in [-0.2, -0.15) is 0 Å². The van der Waals surface area contributed by atoms with Gasteiger partial charge in [0.25, 0.3) is 11.6 Å². The molecule has 0 aromatic rings. The summed E-state index contributed by atoms with van der Waals surface area (Å²) in [4.78, 5) is 129. The van der Waals surface area contributed by atoms with Gasteiger partial charge in [0.1, 0.15) is 29.6 Å². The molecule has 2 N–H and O–H groups in total. The van der Waals surface area contributed by atoms with Gasteiger partial charge in [-0.05, 0) is 62.3 Å². The summed E-state index contributed by atoms with van der Waals surface area (Å²) < 4.78 is 39.0. The molecular formula is C43H181K3N3O21-111. The van der Waals surface area contributed by atoms with Crippen molar-refractivity contribution in [3.63, 3.8) is 0 Å². The molecule has 0 unspecified atom stereocenters. The number of carbonyl (C=O) groups is 11. The molecule has 0 spiro atoms. The Bertz CT molecular complexity index is 2010. The van der Waals surface area contributed by atoms with Crippen LogP contribution in [-0.4, -0.2) is 172 Å². The summed E-state index contributed by atoms with van der Waals surface area (Å²) in [5.74, 6) is -10.4. The summed E-state index contributed by atoms with van der Waals surface area (Å²) >= 11 is 0. The molecule has 0 radical (unpaired) electrons. The molecule has 24 nitrogen and oxygen atoms in total. The van der Waals surface area contributed by atoms with Crippen LogP contribution in [0.25, 0.3) is 0 Å². The van der Waals surface area contributed by atoms with Crippen LogP contribution in [0, 0.1) is 23.7 Å². The maximum Gasteiger partial charge on any atom is 1.00 e. The van der Waals surface area contributed by atoms with Crippen LogP contribution in [-0.2, 0) is 76.3 Å². The molecule has 0 atom stereocenters. The van der Waals surface area contributed by atoms with Crippen LogP contribution in [0.2, 0.25) is 0 Å². The number of nitrogens with zero attached hydrogens (tertiary/aromatic N) is 3. The van der Waals surface area contributed by atoms with E-state index >= 15 is 0 Å². The maximum atomic E-state index is 12.3. The van der Waals surface area contributed by atoms with Gasteiger partial charge in [0.05, 0.1) is 24.9 Å². The average Bonchev–Trinajstić information content (AvgIpc) is 3.03. The molecule has 5 rings (SSSR count). The Kier molecular flexibility index (Phi) is 32.4. The van der Waals surface area contributed by atoms with Crippen molar-refractivity contribution in [1.29, 1.82) is 0 Å². The van der Waals surface area contributed by atoms with Gasteiger partial charge in [0.15, 0.2) is 11.6 Å². The summed E-state index contributed by atoms with van der Waals surface area (Å²) in [6.07, 6.45) is -1.90. The second kappa shape index (κ2) is 31.0. The molecule has 0 saturated carbocycles. The summed E-state index contributed by atoms with van der Waals surface area (Å²) in [5, 5.41) is 15.6. The molecule has 608 valence electrons. The van der Waals surface area contributed by atoms with Gasteiger partial charge in [-0.1, -0.05) is 0 Å². The van der Waals surface area contributed by atoms with Gasteiger partial charge in [-0.25, -0.2) is 14.4 Å². The Morgan fingerprint density at radius 1 is 0.571 bits per heavy atom. The first-order chi connectivity index (χ1) is 30.4. The number of carbonyl (C=O) groups excluding carboxylic acids is 10. The predicted octanol–water partition coefficient (Wildman–Crippen LogP) is 6.46. The van der Waals surface area contributed by atoms with E-state index in [1.165, 1.54) is 49.5 Å². The number of methoxy groups -OCH3 is 1. The fourth-order valence-corrected chi connectivity index (χ4v) is 5.71. The summed E-state index contributed by atoms with van der Waals surface area (Å²) in [7, 11) is 2.24. The number of Topliss-reactive ketones (excluding diaryl/α,β-unsaturated/α-hetero) is 2. The number of aliphatic hydroxyl groups is 1. The quantitative estimate of drug-likeness (QED) is 0.125. The minimum Gasteiger partial charge on any atom is -1.00 e. The standard InChI is InChI=1S/C15H21NO7.C12H19NO5.C9H15NO4.C6H8O4.CH4O.3K.114H/c1-14(2,3)23-13(20)16-6-8(7-16)10(17)9-11(18)21-15(4,5)22-12(9)19;1-12(2,3)18-11(16)13-6-8(7-13)9(14)5-10(15)17-4;1-9(2,3)14-8(13)10-4-6(5-10)7(11)12;1-6(2)9-4(7)3-5(8)10-6;1-2;;;;;;;;;;;;;;;;;;;;;;;;;;;;;;;;;;;;;;;;;;;;;;;;;;;;;;;;;;;;;;;;;;;;;;;;;;;;;;;;;;;;;;;;;;;;;;;;;;;;;;;;;;;;;;;;;;;;;/h8-9H,6-7H2,1-5H3;8H,5-7H2,1-4H3;6H,4-5H2,1-3H3,(H,11,12);3H2,1-2H3;2H,1H3;;;;;;;;;;;;;;;;;;;;;;;;;;;;;;;;;;;;;;;;;;;;;;;;;;;;;;;;;;;;;;;;;;;;;;;;;;;;;;;;;;;;;;;;;;;;;;;;;;;;;;;;;;;;;;;;;;;;;/q;;;;;3*+1;114*-1/i;;;;;;;;114*1+2. The number of carboxylic acids is 1. The van der Waals surface area contributed by atoms with Crippen LogP contribution >= 0.6 is 0 Å². The first-order valence-electron chi connectivity index (χ1n) is 21.1. The minimum atomic E-state index is -1.58. The van der Waals surface area contributed by atoms with Crippen molar-refractivity contribution in [2.24, 2.45) is 23.7 Å². The Balaban J connectivity index is -0.00000000235. The zero-order valence-corrected chi connectivity index (χ0v) is 53.3. The van der Waals surface area contributed by atoms with Crippen LogP contribution in [0.5, 0.6) is 0 Å². The number of ether oxygens (including phenoxy) is 8. The molecule has 0 aromatic carbocycles. The van der Waals surface area contributed by atoms with Crippen molar-refractivity contribution in [3.8, 4) is 0 Å². The number of rotatable bonds is 6. The van der Waals surface area contributed by atoms with Gasteiger partial charge < -0.3 is 225 Å². The fraction of sp³-hybridized carbons (Fsp3) is 0.744. The zero-order chi connectivity index (χ0) is 52.2. The predicted molar refractivity (Wildman–Crippen MR) is 354 cm³/mol. The number of hydrogen-bond donors (Lipinski definition) is 2. The van der Waals surface area contributed by atoms with Crippen molar-refractivity contribution >= 4 is 65.7 Å². The van der Waals surface area contributed by atoms with E-state index in [4.69, 9.17) is 33.9 Å². The summed E-state index contributed by atoms with van der Waals surface area (Å²) in [6, 6.07) is 0. The minimum absolute atomic E-state index is 0. The summed E-state index contributed by atoms with van der Waals surface area (Å²) in [5.41, 5.74) is -1.70. The van der Waals surface area contributed by atoms with Gasteiger partial charge >= 0.3 is 208 Å². The van der Waals surface area contributed by atoms with E-state index in [1.807, 2.05) is 0 Å². The zero-order valence-electron chi connectivity index (χ0n) is 158. The van der Waals surface area contributed by atoms with Crippen molar-refractivity contribution < 1.29 is 418 Å². The molecule has 5 saturated heterocycles. The van der Waals surface area contributed by atoms with Gasteiger partial charge in [-0.15, -0.1) is 0 Å². The van der Waals surface area contributed by atoms with E-state index in [2.05, 4.69) is 14.2 Å². The van der Waals surface area contributed by atoms with Gasteiger partial charge in [0, 0.05) is 74.1 Å². The van der Waals surface area contributed by atoms with Crippen LogP contribution in [0.4, 0.5) is 14.4 Å². The molecule has 0 aliphatic carbocycles. The number of hydrogen-bond acceptors (Lipinski definition) is 20. The Morgan fingerprint density at radius 2 is 0.871 bits per heavy atom. The monoisotopic (exact) mass is 1420 g/mol. The molecule has 70 heavy (non-hydrogen) atoms. The Hall–Kier alpha value is -1.16. The van der Waals surface area contributed by atoms with Crippen LogP contribution in [0.1, 0.15) is 265 Å².